The molecular weight excluding hydrogens is 538 g/mol. The fourth-order valence-electron chi connectivity index (χ4n) is 5.20. The van der Waals surface area contributed by atoms with Gasteiger partial charge in [-0.05, 0) is 60.7 Å². The highest BCUT2D eigenvalue weighted by Crippen LogP contribution is 2.36. The van der Waals surface area contributed by atoms with Gasteiger partial charge < -0.3 is 15.1 Å². The maximum atomic E-state index is 13.3. The van der Waals surface area contributed by atoms with E-state index in [2.05, 4.69) is 20.4 Å². The normalized spacial score (nSPS) is 14.7. The minimum absolute atomic E-state index is 0.117. The van der Waals surface area contributed by atoms with Crippen LogP contribution in [0.25, 0.3) is 0 Å². The van der Waals surface area contributed by atoms with Crippen LogP contribution in [0.4, 0.5) is 28.4 Å². The number of rotatable bonds is 5. The number of nitrogens with one attached hydrogen (secondary N) is 1. The zero-order chi connectivity index (χ0) is 28.5. The third-order valence-electron chi connectivity index (χ3n) is 7.39. The number of nitrogens with zero attached hydrogens (tertiary/aromatic N) is 4. The summed E-state index contributed by atoms with van der Waals surface area (Å²) in [5.41, 5.74) is 5.01. The average molecular weight is 564 g/mol. The number of halogens is 1. The molecular formula is C32H26ClN5O3. The summed E-state index contributed by atoms with van der Waals surface area (Å²) in [6.45, 7) is 4.67. The molecule has 41 heavy (non-hydrogen) atoms. The van der Waals surface area contributed by atoms with Crippen molar-refractivity contribution in [3.05, 3.63) is 112 Å². The van der Waals surface area contributed by atoms with E-state index >= 15 is 0 Å². The van der Waals surface area contributed by atoms with Crippen molar-refractivity contribution >= 4 is 57.5 Å². The molecule has 0 spiro atoms. The van der Waals surface area contributed by atoms with Gasteiger partial charge in [-0.3, -0.25) is 14.4 Å². The van der Waals surface area contributed by atoms with E-state index in [1.54, 1.807) is 43.3 Å². The summed E-state index contributed by atoms with van der Waals surface area (Å²) in [6, 6.07) is 25.3. The Labute approximate surface area is 242 Å². The third kappa shape index (κ3) is 5.21. The summed E-state index contributed by atoms with van der Waals surface area (Å²) in [5.74, 6) is -0.384. The number of hydrogen-bond acceptors (Lipinski definition) is 7. The summed E-state index contributed by atoms with van der Waals surface area (Å²) in [7, 11) is 0. The predicted octanol–water partition coefficient (Wildman–Crippen LogP) is 6.94. The van der Waals surface area contributed by atoms with Crippen molar-refractivity contribution in [2.45, 2.75) is 6.92 Å². The molecule has 204 valence electrons. The summed E-state index contributed by atoms with van der Waals surface area (Å²) >= 11 is 6.25. The lowest BCUT2D eigenvalue weighted by atomic mass is 9.83. The highest BCUT2D eigenvalue weighted by Gasteiger charge is 2.33. The molecule has 1 fully saturated rings. The topological polar surface area (TPSA) is 94.4 Å². The van der Waals surface area contributed by atoms with Crippen LogP contribution in [-0.2, 0) is 4.79 Å². The van der Waals surface area contributed by atoms with Crippen LogP contribution in [0.1, 0.15) is 38.8 Å². The maximum Gasteiger partial charge on any atom is 0.219 e. The van der Waals surface area contributed by atoms with Gasteiger partial charge in [0.05, 0.1) is 33.2 Å². The Hall–Kier alpha value is -4.82. The number of carbonyl (C=O) groups excluding carboxylic acids is 3. The number of azo groups is 1. The standard InChI is InChI=1S/C32H26ClN5O3/c1-20(39)37-16-18-38(19-17-37)24-14-12-23(13-15-24)36-35-22-10-8-21(9-11-22)34-28-7-3-5-26-30(28)32(41)25-4-2-6-27(33)29(25)31(26)40/h2-15,34H,16-19H2,1H3. The van der Waals surface area contributed by atoms with Gasteiger partial charge in [0.15, 0.2) is 11.6 Å². The molecule has 0 bridgehead atoms. The lowest BCUT2D eigenvalue weighted by Gasteiger charge is -2.35. The number of ketones is 2. The maximum absolute atomic E-state index is 13.3. The largest absolute Gasteiger partial charge is 0.368 e. The second kappa shape index (κ2) is 11.0. The molecule has 0 radical (unpaired) electrons. The molecule has 2 aliphatic rings. The van der Waals surface area contributed by atoms with Gasteiger partial charge in [0, 0.05) is 55.6 Å². The Morgan fingerprint density at radius 3 is 1.93 bits per heavy atom. The van der Waals surface area contributed by atoms with Crippen molar-refractivity contribution in [3.63, 3.8) is 0 Å². The van der Waals surface area contributed by atoms with Gasteiger partial charge in [-0.15, -0.1) is 0 Å². The van der Waals surface area contributed by atoms with Gasteiger partial charge in [0.25, 0.3) is 0 Å². The predicted molar refractivity (Wildman–Crippen MR) is 160 cm³/mol. The van der Waals surface area contributed by atoms with Gasteiger partial charge in [-0.25, -0.2) is 0 Å². The molecule has 8 nitrogen and oxygen atoms in total. The number of piperazine rings is 1. The van der Waals surface area contributed by atoms with Gasteiger partial charge in [0.2, 0.25) is 5.91 Å². The van der Waals surface area contributed by atoms with Crippen LogP contribution < -0.4 is 10.2 Å². The Morgan fingerprint density at radius 1 is 0.732 bits per heavy atom. The monoisotopic (exact) mass is 563 g/mol. The highest BCUT2D eigenvalue weighted by molar-refractivity contribution is 6.39. The number of amides is 1. The second-order valence-electron chi connectivity index (χ2n) is 9.93. The number of carbonyl (C=O) groups is 3. The molecule has 9 heteroatoms. The quantitative estimate of drug-likeness (QED) is 0.234. The Bertz CT molecular complexity index is 1690. The molecule has 0 unspecified atom stereocenters. The molecule has 0 atom stereocenters. The molecule has 1 N–H and O–H groups in total. The van der Waals surface area contributed by atoms with Gasteiger partial charge >= 0.3 is 0 Å². The van der Waals surface area contributed by atoms with Crippen molar-refractivity contribution in [2.75, 3.05) is 36.4 Å². The summed E-state index contributed by atoms with van der Waals surface area (Å²) in [4.78, 5) is 42.2. The van der Waals surface area contributed by atoms with Gasteiger partial charge in [-0.2, -0.15) is 10.2 Å². The Morgan fingerprint density at radius 2 is 1.29 bits per heavy atom. The SMILES string of the molecule is CC(=O)N1CCN(c2ccc(N=Nc3ccc(Nc4cccc5c4C(=O)c4cccc(Cl)c4C5=O)cc3)cc2)CC1. The van der Waals surface area contributed by atoms with Gasteiger partial charge in [0.1, 0.15) is 0 Å². The minimum atomic E-state index is -0.261. The van der Waals surface area contributed by atoms with E-state index in [0.29, 0.717) is 28.1 Å². The fourth-order valence-corrected chi connectivity index (χ4v) is 5.46. The fraction of sp³-hybridized carbons (Fsp3) is 0.156. The van der Waals surface area contributed by atoms with Crippen molar-refractivity contribution in [2.24, 2.45) is 10.2 Å². The van der Waals surface area contributed by atoms with Crippen LogP contribution in [0.2, 0.25) is 5.02 Å². The Balaban J connectivity index is 1.13. The van der Waals surface area contributed by atoms with E-state index in [1.807, 2.05) is 53.4 Å². The smallest absolute Gasteiger partial charge is 0.219 e. The van der Waals surface area contributed by atoms with E-state index in [0.717, 1.165) is 43.2 Å². The number of anilines is 3. The Kier molecular flexibility index (Phi) is 7.07. The first-order valence-corrected chi connectivity index (χ1v) is 13.7. The molecule has 6 rings (SSSR count). The lowest BCUT2D eigenvalue weighted by Crippen LogP contribution is -2.48. The molecule has 0 saturated carbocycles. The summed E-state index contributed by atoms with van der Waals surface area (Å²) in [6.07, 6.45) is 0. The van der Waals surface area contributed by atoms with Crippen molar-refractivity contribution in [3.8, 4) is 0 Å². The number of fused-ring (bicyclic) bond motifs is 2. The summed E-state index contributed by atoms with van der Waals surface area (Å²) in [5, 5.41) is 12.3. The van der Waals surface area contributed by atoms with Crippen LogP contribution in [0, 0.1) is 0 Å². The molecule has 4 aromatic carbocycles. The van der Waals surface area contributed by atoms with E-state index in [-0.39, 0.29) is 28.1 Å². The van der Waals surface area contributed by atoms with E-state index < -0.39 is 0 Å². The molecule has 1 heterocycles. The summed E-state index contributed by atoms with van der Waals surface area (Å²) < 4.78 is 0. The number of benzene rings is 4. The third-order valence-corrected chi connectivity index (χ3v) is 7.70. The lowest BCUT2D eigenvalue weighted by molar-refractivity contribution is -0.129. The van der Waals surface area contributed by atoms with Crippen LogP contribution >= 0.6 is 11.6 Å². The van der Waals surface area contributed by atoms with Crippen LogP contribution in [0.5, 0.6) is 0 Å². The minimum Gasteiger partial charge on any atom is -0.368 e. The van der Waals surface area contributed by atoms with Crippen LogP contribution in [-0.4, -0.2) is 48.6 Å². The first kappa shape index (κ1) is 26.4. The molecule has 1 amide bonds. The zero-order valence-electron chi connectivity index (χ0n) is 22.3. The first-order chi connectivity index (χ1) is 19.9. The molecule has 4 aromatic rings. The molecule has 1 saturated heterocycles. The van der Waals surface area contributed by atoms with Crippen molar-refractivity contribution < 1.29 is 14.4 Å². The molecule has 1 aliphatic carbocycles. The van der Waals surface area contributed by atoms with Crippen LogP contribution in [0.15, 0.2) is 95.2 Å². The second-order valence-corrected chi connectivity index (χ2v) is 10.3. The highest BCUT2D eigenvalue weighted by atomic mass is 35.5. The number of hydrogen-bond donors (Lipinski definition) is 1. The first-order valence-electron chi connectivity index (χ1n) is 13.3. The molecule has 1 aliphatic heterocycles. The van der Waals surface area contributed by atoms with E-state index in [1.165, 1.54) is 0 Å². The van der Waals surface area contributed by atoms with Crippen LogP contribution in [0.3, 0.4) is 0 Å². The average Bonchev–Trinajstić information content (AvgIpc) is 3.00. The zero-order valence-corrected chi connectivity index (χ0v) is 23.1. The molecule has 0 aromatic heterocycles. The van der Waals surface area contributed by atoms with E-state index in [4.69, 9.17) is 11.6 Å². The van der Waals surface area contributed by atoms with E-state index in [9.17, 15) is 14.4 Å². The van der Waals surface area contributed by atoms with Crippen molar-refractivity contribution in [1.29, 1.82) is 0 Å². The van der Waals surface area contributed by atoms with Crippen molar-refractivity contribution in [1.82, 2.24) is 4.90 Å². The van der Waals surface area contributed by atoms with Gasteiger partial charge in [-0.1, -0.05) is 35.9 Å².